The lowest BCUT2D eigenvalue weighted by Crippen LogP contribution is -2.34. The Morgan fingerprint density at radius 2 is 2.08 bits per heavy atom. The molecule has 0 saturated heterocycles. The van der Waals surface area contributed by atoms with Gasteiger partial charge < -0.3 is 14.6 Å². The first kappa shape index (κ1) is 18.0. The molecule has 0 bridgehead atoms. The molecule has 1 N–H and O–H groups in total. The molecule has 0 radical (unpaired) electrons. The van der Waals surface area contributed by atoms with Crippen LogP contribution in [0.25, 0.3) is 10.1 Å². The Hall–Kier alpha value is -1.82. The van der Waals surface area contributed by atoms with E-state index in [-0.39, 0.29) is 22.1 Å². The minimum absolute atomic E-state index is 0.0503. The lowest BCUT2D eigenvalue weighted by atomic mass is 9.71. The van der Waals surface area contributed by atoms with Crippen molar-refractivity contribution in [3.05, 3.63) is 22.8 Å². The summed E-state index contributed by atoms with van der Waals surface area (Å²) in [7, 11) is 1.39. The highest BCUT2D eigenvalue weighted by molar-refractivity contribution is 7.21. The third kappa shape index (κ3) is 3.59. The zero-order valence-electron chi connectivity index (χ0n) is 14.9. The number of carbonyl (C=O) groups is 1. The van der Waals surface area contributed by atoms with E-state index in [1.165, 1.54) is 19.2 Å². The summed E-state index contributed by atoms with van der Waals surface area (Å²) in [6, 6.07) is 2.84. The average molecular weight is 366 g/mol. The van der Waals surface area contributed by atoms with Gasteiger partial charge >= 0.3 is 5.97 Å². The highest BCUT2D eigenvalue weighted by Gasteiger charge is 2.34. The molecule has 1 fully saturated rings. The van der Waals surface area contributed by atoms with E-state index in [1.807, 2.05) is 0 Å². The SMILES string of the molecule is COc1cc2c(OC3CC(C)CC(C)(C)C3)c(C(=O)O)sc2cc1F. The number of hydrogen-bond donors (Lipinski definition) is 1. The summed E-state index contributed by atoms with van der Waals surface area (Å²) in [5, 5.41) is 10.1. The third-order valence-corrected chi connectivity index (χ3v) is 5.86. The van der Waals surface area contributed by atoms with Crippen LogP contribution in [0.3, 0.4) is 0 Å². The molecule has 1 aliphatic carbocycles. The van der Waals surface area contributed by atoms with Crippen molar-refractivity contribution in [2.24, 2.45) is 11.3 Å². The normalized spacial score (nSPS) is 22.8. The van der Waals surface area contributed by atoms with Crippen molar-refractivity contribution in [2.45, 2.75) is 46.1 Å². The summed E-state index contributed by atoms with van der Waals surface area (Å²) in [4.78, 5) is 11.8. The van der Waals surface area contributed by atoms with Crippen LogP contribution < -0.4 is 9.47 Å². The number of carboxylic acids is 1. The van der Waals surface area contributed by atoms with E-state index in [2.05, 4.69) is 20.8 Å². The van der Waals surface area contributed by atoms with Crippen LogP contribution in [0, 0.1) is 17.2 Å². The van der Waals surface area contributed by atoms with Crippen LogP contribution in [0.2, 0.25) is 0 Å². The molecule has 2 aromatic rings. The first-order valence-corrected chi connectivity index (χ1v) is 9.22. The van der Waals surface area contributed by atoms with E-state index in [0.717, 1.165) is 30.6 Å². The minimum Gasteiger partial charge on any atom is -0.494 e. The summed E-state index contributed by atoms with van der Waals surface area (Å²) < 4.78 is 25.8. The predicted molar refractivity (Wildman–Crippen MR) is 96.5 cm³/mol. The number of benzene rings is 1. The molecule has 1 saturated carbocycles. The predicted octanol–water partition coefficient (Wildman–Crippen LogP) is 5.34. The lowest BCUT2D eigenvalue weighted by Gasteiger charge is -2.38. The van der Waals surface area contributed by atoms with Crippen molar-refractivity contribution in [1.29, 1.82) is 0 Å². The molecule has 0 amide bonds. The molecule has 1 aromatic carbocycles. The van der Waals surface area contributed by atoms with Crippen molar-refractivity contribution >= 4 is 27.4 Å². The van der Waals surface area contributed by atoms with Gasteiger partial charge in [0.15, 0.2) is 22.2 Å². The summed E-state index contributed by atoms with van der Waals surface area (Å²) in [6.07, 6.45) is 2.83. The van der Waals surface area contributed by atoms with E-state index >= 15 is 0 Å². The van der Waals surface area contributed by atoms with Crippen molar-refractivity contribution in [2.75, 3.05) is 7.11 Å². The number of methoxy groups -OCH3 is 1. The quantitative estimate of drug-likeness (QED) is 0.793. The second-order valence-electron chi connectivity index (χ2n) is 7.70. The van der Waals surface area contributed by atoms with Gasteiger partial charge in [-0.15, -0.1) is 11.3 Å². The van der Waals surface area contributed by atoms with E-state index in [9.17, 15) is 14.3 Å². The van der Waals surface area contributed by atoms with Crippen LogP contribution in [-0.2, 0) is 0 Å². The van der Waals surface area contributed by atoms with Crippen LogP contribution in [0.1, 0.15) is 49.7 Å². The van der Waals surface area contributed by atoms with E-state index < -0.39 is 11.8 Å². The summed E-state index contributed by atoms with van der Waals surface area (Å²) in [6.45, 7) is 6.61. The largest absolute Gasteiger partial charge is 0.494 e. The average Bonchev–Trinajstić information content (AvgIpc) is 2.82. The fraction of sp³-hybridized carbons (Fsp3) is 0.526. The monoisotopic (exact) mass is 366 g/mol. The molecule has 4 nitrogen and oxygen atoms in total. The Labute approximate surface area is 150 Å². The molecule has 0 aliphatic heterocycles. The maximum Gasteiger partial charge on any atom is 0.349 e. The molecule has 1 aromatic heterocycles. The highest BCUT2D eigenvalue weighted by atomic mass is 32.1. The van der Waals surface area contributed by atoms with Gasteiger partial charge in [0.05, 0.1) is 13.2 Å². The van der Waals surface area contributed by atoms with Crippen LogP contribution in [0.5, 0.6) is 11.5 Å². The first-order chi connectivity index (χ1) is 11.7. The van der Waals surface area contributed by atoms with Gasteiger partial charge in [-0.2, -0.15) is 0 Å². The van der Waals surface area contributed by atoms with Crippen LogP contribution in [0.15, 0.2) is 12.1 Å². The van der Waals surface area contributed by atoms with Gasteiger partial charge in [-0.25, -0.2) is 9.18 Å². The summed E-state index contributed by atoms with van der Waals surface area (Å²) in [5.74, 6) is -0.630. The highest BCUT2D eigenvalue weighted by Crippen LogP contribution is 2.45. The topological polar surface area (TPSA) is 55.8 Å². The lowest BCUT2D eigenvalue weighted by molar-refractivity contribution is 0.0547. The van der Waals surface area contributed by atoms with Crippen molar-refractivity contribution in [3.63, 3.8) is 0 Å². The van der Waals surface area contributed by atoms with Gasteiger partial charge in [0.2, 0.25) is 0 Å². The molecule has 1 heterocycles. The molecule has 6 heteroatoms. The fourth-order valence-corrected chi connectivity index (χ4v) is 4.99. The molecular formula is C19H23FO4S. The molecule has 25 heavy (non-hydrogen) atoms. The zero-order valence-corrected chi connectivity index (χ0v) is 15.7. The molecule has 0 spiro atoms. The Morgan fingerprint density at radius 3 is 2.68 bits per heavy atom. The van der Waals surface area contributed by atoms with Crippen LogP contribution >= 0.6 is 11.3 Å². The molecular weight excluding hydrogens is 343 g/mol. The maximum atomic E-state index is 14.0. The van der Waals surface area contributed by atoms with Gasteiger partial charge in [-0.3, -0.25) is 0 Å². The molecule has 136 valence electrons. The van der Waals surface area contributed by atoms with E-state index in [4.69, 9.17) is 9.47 Å². The zero-order chi connectivity index (χ0) is 18.4. The maximum absolute atomic E-state index is 14.0. The van der Waals surface area contributed by atoms with Crippen molar-refractivity contribution < 1.29 is 23.8 Å². The number of rotatable bonds is 4. The molecule has 2 unspecified atom stereocenters. The number of ether oxygens (including phenoxy) is 2. The van der Waals surface area contributed by atoms with E-state index in [1.54, 1.807) is 0 Å². The number of hydrogen-bond acceptors (Lipinski definition) is 4. The van der Waals surface area contributed by atoms with Gasteiger partial charge in [0, 0.05) is 10.1 Å². The summed E-state index contributed by atoms with van der Waals surface area (Å²) in [5.41, 5.74) is 0.154. The number of halogens is 1. The second kappa shape index (κ2) is 6.48. The van der Waals surface area contributed by atoms with E-state index in [0.29, 0.717) is 21.8 Å². The fourth-order valence-electron chi connectivity index (χ4n) is 4.00. The van der Waals surface area contributed by atoms with Gasteiger partial charge in [-0.1, -0.05) is 20.8 Å². The number of fused-ring (bicyclic) bond motifs is 1. The van der Waals surface area contributed by atoms with Gasteiger partial charge in [0.25, 0.3) is 0 Å². The Kier molecular flexibility index (Phi) is 4.66. The van der Waals surface area contributed by atoms with Crippen molar-refractivity contribution in [3.8, 4) is 11.5 Å². The number of carboxylic acid groups (broad SMARTS) is 1. The van der Waals surface area contributed by atoms with Crippen LogP contribution in [-0.4, -0.2) is 24.3 Å². The molecule has 2 atom stereocenters. The molecule has 3 rings (SSSR count). The Bertz CT molecular complexity index is 811. The Morgan fingerprint density at radius 1 is 1.36 bits per heavy atom. The minimum atomic E-state index is -1.06. The molecule has 1 aliphatic rings. The van der Waals surface area contributed by atoms with Crippen LogP contribution in [0.4, 0.5) is 4.39 Å². The number of aromatic carboxylic acids is 1. The number of thiophene rings is 1. The second-order valence-corrected chi connectivity index (χ2v) is 8.75. The van der Waals surface area contributed by atoms with Gasteiger partial charge in [-0.05, 0) is 42.7 Å². The van der Waals surface area contributed by atoms with Crippen molar-refractivity contribution in [1.82, 2.24) is 0 Å². The smallest absolute Gasteiger partial charge is 0.349 e. The standard InChI is InChI=1S/C19H23FO4S/c1-10-5-11(9-19(2,3)8-10)24-16-12-6-14(23-4)13(20)7-15(12)25-17(16)18(21)22/h6-7,10-11H,5,8-9H2,1-4H3,(H,21,22). The first-order valence-electron chi connectivity index (χ1n) is 8.40. The summed E-state index contributed by atoms with van der Waals surface area (Å²) >= 11 is 1.03. The van der Waals surface area contributed by atoms with Gasteiger partial charge in [0.1, 0.15) is 0 Å². The third-order valence-electron chi connectivity index (χ3n) is 4.74. The Balaban J connectivity index is 2.04.